The molecule has 458 valence electrons. The molecule has 0 heterocycles. The van der Waals surface area contributed by atoms with E-state index in [-0.39, 0.29) is 75.1 Å². The van der Waals surface area contributed by atoms with Crippen LogP contribution >= 0.6 is 0 Å². The Morgan fingerprint density at radius 3 is 1.71 bits per heavy atom. The highest BCUT2D eigenvalue weighted by Gasteiger charge is 2.55. The first-order chi connectivity index (χ1) is 39.3. The molecule has 4 aliphatic rings. The van der Waals surface area contributed by atoms with E-state index in [9.17, 15) is 53.4 Å². The number of aromatic hydroxyl groups is 1. The van der Waals surface area contributed by atoms with Gasteiger partial charge in [0.2, 0.25) is 47.3 Å². The number of hydrogen-bond acceptors (Lipinski definition) is 12. The number of aliphatic imine (C=N–C) groups is 1. The van der Waals surface area contributed by atoms with Gasteiger partial charge in [-0.1, -0.05) is 89.9 Å². The van der Waals surface area contributed by atoms with Gasteiger partial charge in [-0.2, -0.15) is 0 Å². The number of carbonyl (C=O) groups excluding carboxylic acids is 8. The number of primary amides is 1. The summed E-state index contributed by atoms with van der Waals surface area (Å²) in [6, 6.07) is 6.58. The number of nitrogens with one attached hydrogen (secondary N) is 8. The average Bonchev–Trinajstić information content (AvgIpc) is 1.70. The van der Waals surface area contributed by atoms with Gasteiger partial charge in [0.05, 0.1) is 6.04 Å². The fraction of sp³-hybridized carbons (Fsp3) is 0.633. The molecule has 0 unspecified atom stereocenters. The Bertz CT molecular complexity index is 2520. The minimum absolute atomic E-state index is 0.0131. The summed E-state index contributed by atoms with van der Waals surface area (Å²) in [5.41, 5.74) is 17.6. The number of nitrogens with two attached hydrogens (primary N) is 3. The number of carboxylic acid groups (broad SMARTS) is 1. The molecule has 0 radical (unpaired) electrons. The molecule has 4 saturated carbocycles. The molecule has 4 bridgehead atoms. The molecule has 8 atom stereocenters. The lowest BCUT2D eigenvalue weighted by atomic mass is 9.49. The van der Waals surface area contributed by atoms with Crippen LogP contribution in [0.25, 0.3) is 0 Å². The smallest absolute Gasteiger partial charge is 0.303 e. The van der Waals surface area contributed by atoms with Crippen LogP contribution < -0.4 is 59.7 Å². The zero-order chi connectivity index (χ0) is 61.0. The first-order valence-corrected chi connectivity index (χ1v) is 29.6. The number of phenols is 1. The Morgan fingerprint density at radius 2 is 1.14 bits per heavy atom. The Morgan fingerprint density at radius 1 is 0.602 bits per heavy atom. The van der Waals surface area contributed by atoms with Crippen LogP contribution in [-0.4, -0.2) is 131 Å². The van der Waals surface area contributed by atoms with Gasteiger partial charge in [0.25, 0.3) is 0 Å². The van der Waals surface area contributed by atoms with E-state index in [4.69, 9.17) is 17.2 Å². The minimum Gasteiger partial charge on any atom is -0.508 e. The molecular weight excluding hydrogens is 1060 g/mol. The summed E-state index contributed by atoms with van der Waals surface area (Å²) < 4.78 is 0. The van der Waals surface area contributed by atoms with E-state index < -0.39 is 113 Å². The van der Waals surface area contributed by atoms with E-state index >= 15 is 0 Å². The maximum Gasteiger partial charge on any atom is 0.303 e. The predicted octanol–water partition coefficient (Wildman–Crippen LogP) is 2.06. The second-order valence-electron chi connectivity index (χ2n) is 24.2. The van der Waals surface area contributed by atoms with Crippen LogP contribution in [0, 0.1) is 35.0 Å². The standard InChI is InChI=1S/C60H92N12O11/c1-7-8-15-44(51(61)76)68-52(77)36(6)66-53(78)46(21-22-49(74)75)69-55(80)47(29-37-13-10-9-11-14-37)65-33-42(28-38-17-19-43(73)20-18-38)67-56(81)48(24-34(2)3)70-57(82)50(35(4)5)72-54(79)45(16-12-23-64-59(62)63)71-58(83)60-30-39-25-40(31-60)27-41(26-39)32-60/h9-11,13-14,17-20,34-36,39-42,44-48,50,65,73H,7-8,12,15-16,21-33H2,1-6H3,(H2,61,76)(H,66,78)(H,67,81)(H,68,77)(H,69,80)(H,70,82)(H,71,83)(H,72,79)(H,74,75)(H4,62,63,64)/t36-,39?,40?,41?,42-,44-,45-,46-,47-,48-,50-,60?/m0/s1. The van der Waals surface area contributed by atoms with Crippen molar-refractivity contribution in [1.82, 2.24) is 42.5 Å². The molecule has 0 aliphatic heterocycles. The summed E-state index contributed by atoms with van der Waals surface area (Å²) in [5, 5.41) is 42.8. The van der Waals surface area contributed by atoms with Crippen molar-refractivity contribution in [2.45, 2.75) is 193 Å². The summed E-state index contributed by atoms with van der Waals surface area (Å²) >= 11 is 0. The normalized spacial score (nSPS) is 20.7. The second kappa shape index (κ2) is 31.9. The largest absolute Gasteiger partial charge is 0.508 e. The molecule has 0 aromatic heterocycles. The van der Waals surface area contributed by atoms with E-state index in [1.807, 2.05) is 20.8 Å². The zero-order valence-electron chi connectivity index (χ0n) is 49.2. The van der Waals surface area contributed by atoms with Gasteiger partial charge in [-0.05, 0) is 143 Å². The number of hydrogen-bond donors (Lipinski definition) is 13. The van der Waals surface area contributed by atoms with Crippen LogP contribution in [0.4, 0.5) is 0 Å². The van der Waals surface area contributed by atoms with Crippen molar-refractivity contribution in [3.05, 3.63) is 65.7 Å². The SMILES string of the molecule is CCCC[C@H](NC(=O)[C@H](C)NC(=O)[C@H](CCC(=O)O)NC(=O)[C@H](Cc1ccccc1)NC[C@H](Cc1ccc(O)cc1)NC(=O)[C@H](CC(C)C)NC(=O)[C@@H](NC(=O)[C@H](CCCN=C(N)N)NC(=O)C12CC3CC(CC(C3)C1)C2)C(C)C)C(N)=O. The summed E-state index contributed by atoms with van der Waals surface area (Å²) in [5.74, 6) is -5.29. The molecule has 83 heavy (non-hydrogen) atoms. The molecule has 6 rings (SSSR count). The number of phenolic OH excluding ortho intramolecular Hbond substituents is 1. The molecule has 0 spiro atoms. The number of rotatable bonds is 35. The Kier molecular flexibility index (Phi) is 25.6. The third kappa shape index (κ3) is 21.1. The Balaban J connectivity index is 1.35. The van der Waals surface area contributed by atoms with Gasteiger partial charge in [0.15, 0.2) is 5.96 Å². The molecule has 4 aliphatic carbocycles. The maximum atomic E-state index is 14.7. The lowest BCUT2D eigenvalue weighted by molar-refractivity contribution is -0.148. The van der Waals surface area contributed by atoms with Crippen LogP contribution in [0.5, 0.6) is 5.75 Å². The fourth-order valence-corrected chi connectivity index (χ4v) is 12.2. The number of carboxylic acids is 1. The van der Waals surface area contributed by atoms with Gasteiger partial charge in [-0.25, -0.2) is 0 Å². The van der Waals surface area contributed by atoms with Gasteiger partial charge in [-0.15, -0.1) is 0 Å². The molecule has 2 aromatic rings. The molecule has 8 amide bonds. The van der Waals surface area contributed by atoms with Gasteiger partial charge >= 0.3 is 5.97 Å². The van der Waals surface area contributed by atoms with Crippen LogP contribution in [0.2, 0.25) is 0 Å². The third-order valence-corrected chi connectivity index (χ3v) is 16.2. The van der Waals surface area contributed by atoms with Crippen molar-refractivity contribution in [2.24, 2.45) is 57.2 Å². The van der Waals surface area contributed by atoms with Crippen molar-refractivity contribution >= 4 is 59.2 Å². The second-order valence-corrected chi connectivity index (χ2v) is 24.2. The number of guanidine groups is 1. The van der Waals surface area contributed by atoms with Crippen molar-refractivity contribution in [1.29, 1.82) is 0 Å². The van der Waals surface area contributed by atoms with Crippen LogP contribution in [-0.2, 0) is 56.0 Å². The van der Waals surface area contributed by atoms with Gasteiger partial charge < -0.3 is 69.9 Å². The highest BCUT2D eigenvalue weighted by Crippen LogP contribution is 2.60. The van der Waals surface area contributed by atoms with E-state index in [0.717, 1.165) is 50.5 Å². The molecule has 4 fully saturated rings. The first-order valence-electron chi connectivity index (χ1n) is 29.6. The van der Waals surface area contributed by atoms with E-state index in [1.54, 1.807) is 56.3 Å². The van der Waals surface area contributed by atoms with E-state index in [2.05, 4.69) is 47.5 Å². The van der Waals surface area contributed by atoms with Crippen LogP contribution in [0.1, 0.15) is 143 Å². The number of aliphatic carboxylic acids is 1. The highest BCUT2D eigenvalue weighted by molar-refractivity contribution is 5.96. The lowest BCUT2D eigenvalue weighted by Crippen LogP contribution is -2.61. The zero-order valence-corrected chi connectivity index (χ0v) is 49.2. The van der Waals surface area contributed by atoms with Crippen molar-refractivity contribution in [2.75, 3.05) is 13.1 Å². The van der Waals surface area contributed by atoms with Gasteiger partial charge in [-0.3, -0.25) is 48.1 Å². The van der Waals surface area contributed by atoms with Crippen molar-refractivity contribution in [3.8, 4) is 5.75 Å². The van der Waals surface area contributed by atoms with Gasteiger partial charge in [0, 0.05) is 31.0 Å². The van der Waals surface area contributed by atoms with Crippen LogP contribution in [0.3, 0.4) is 0 Å². The monoisotopic (exact) mass is 1160 g/mol. The molecule has 23 nitrogen and oxygen atoms in total. The number of benzene rings is 2. The Labute approximate surface area is 487 Å². The fourth-order valence-electron chi connectivity index (χ4n) is 12.2. The lowest BCUT2D eigenvalue weighted by Gasteiger charge is -2.55. The summed E-state index contributed by atoms with van der Waals surface area (Å²) in [6.07, 6.45) is 7.57. The predicted molar refractivity (Wildman–Crippen MR) is 313 cm³/mol. The quantitative estimate of drug-likeness (QED) is 0.0267. The van der Waals surface area contributed by atoms with Gasteiger partial charge in [0.1, 0.15) is 42.0 Å². The minimum atomic E-state index is -1.43. The summed E-state index contributed by atoms with van der Waals surface area (Å²) in [6.45, 7) is 10.8. The Hall–Kier alpha value is -7.30. The topological polar surface area (TPSA) is 381 Å². The van der Waals surface area contributed by atoms with Crippen molar-refractivity contribution in [3.63, 3.8) is 0 Å². The molecular formula is C60H92N12O11. The summed E-state index contributed by atoms with van der Waals surface area (Å²) in [7, 11) is 0. The number of amides is 8. The number of carbonyl (C=O) groups is 9. The molecule has 16 N–H and O–H groups in total. The first kappa shape index (κ1) is 66.5. The average molecular weight is 1160 g/mol. The molecule has 0 saturated heterocycles. The highest BCUT2D eigenvalue weighted by atomic mass is 16.4. The molecule has 23 heteroatoms. The van der Waals surface area contributed by atoms with E-state index in [1.165, 1.54) is 19.1 Å². The van der Waals surface area contributed by atoms with E-state index in [0.29, 0.717) is 36.2 Å². The van der Waals surface area contributed by atoms with Crippen molar-refractivity contribution < 1.29 is 53.4 Å². The summed E-state index contributed by atoms with van der Waals surface area (Å²) in [4.78, 5) is 127. The van der Waals surface area contributed by atoms with Crippen LogP contribution in [0.15, 0.2) is 59.6 Å². The molecule has 2 aromatic carbocycles. The number of nitrogens with zero attached hydrogens (tertiary/aromatic N) is 1. The third-order valence-electron chi connectivity index (χ3n) is 16.2. The maximum absolute atomic E-state index is 14.7. The number of unbranched alkanes of at least 4 members (excludes halogenated alkanes) is 1.